The van der Waals surface area contributed by atoms with Crippen LogP contribution in [0.1, 0.15) is 5.69 Å². The molecule has 0 fully saturated rings. The Morgan fingerprint density at radius 1 is 1.40 bits per heavy atom. The molecule has 20 heavy (non-hydrogen) atoms. The Morgan fingerprint density at radius 3 is 2.75 bits per heavy atom. The minimum absolute atomic E-state index is 0.0979. The molecular weight excluding hydrogens is 349 g/mol. The highest BCUT2D eigenvalue weighted by Gasteiger charge is 2.15. The molecule has 0 aliphatic carbocycles. The van der Waals surface area contributed by atoms with Crippen molar-refractivity contribution in [2.24, 2.45) is 7.05 Å². The van der Waals surface area contributed by atoms with Crippen LogP contribution in [0.4, 0.5) is 4.39 Å². The molecule has 1 N–H and O–H groups in total. The molecule has 2 aromatic rings. The monoisotopic (exact) mass is 361 g/mol. The van der Waals surface area contributed by atoms with Crippen LogP contribution in [-0.2, 0) is 23.5 Å². The lowest BCUT2D eigenvalue weighted by Crippen LogP contribution is -2.26. The van der Waals surface area contributed by atoms with Gasteiger partial charge < -0.3 is 0 Å². The fraction of sp³-hybridized carbons (Fsp3) is 0.250. The van der Waals surface area contributed by atoms with E-state index in [1.54, 1.807) is 17.9 Å². The number of benzene rings is 1. The Labute approximate surface area is 125 Å². The van der Waals surface area contributed by atoms with Gasteiger partial charge in [-0.3, -0.25) is 4.68 Å². The van der Waals surface area contributed by atoms with Crippen molar-refractivity contribution in [3.8, 4) is 0 Å². The maximum absolute atomic E-state index is 13.3. The standard InChI is InChI=1S/C12H13BrFN3O2S/c1-17-7-5-9(16-17)4-6-15-20(18,19)10-2-3-11(13)12(14)8-10/h2-3,5,7-8,15H,4,6H2,1H3. The molecule has 1 aromatic carbocycles. The van der Waals surface area contributed by atoms with E-state index in [-0.39, 0.29) is 15.9 Å². The lowest BCUT2D eigenvalue weighted by molar-refractivity contribution is 0.576. The van der Waals surface area contributed by atoms with Crippen molar-refractivity contribution >= 4 is 26.0 Å². The zero-order valence-electron chi connectivity index (χ0n) is 10.7. The van der Waals surface area contributed by atoms with Crippen molar-refractivity contribution < 1.29 is 12.8 Å². The van der Waals surface area contributed by atoms with Crippen molar-refractivity contribution in [2.45, 2.75) is 11.3 Å². The van der Waals surface area contributed by atoms with Crippen molar-refractivity contribution in [2.75, 3.05) is 6.54 Å². The first-order chi connectivity index (χ1) is 9.38. The van der Waals surface area contributed by atoms with Crippen molar-refractivity contribution in [1.82, 2.24) is 14.5 Å². The van der Waals surface area contributed by atoms with E-state index in [9.17, 15) is 12.8 Å². The van der Waals surface area contributed by atoms with E-state index in [2.05, 4.69) is 25.8 Å². The smallest absolute Gasteiger partial charge is 0.240 e. The molecule has 0 saturated carbocycles. The molecule has 8 heteroatoms. The van der Waals surface area contributed by atoms with Crippen LogP contribution < -0.4 is 4.72 Å². The maximum Gasteiger partial charge on any atom is 0.240 e. The number of nitrogens with one attached hydrogen (secondary N) is 1. The third-order valence-electron chi connectivity index (χ3n) is 2.64. The zero-order chi connectivity index (χ0) is 14.8. The fourth-order valence-corrected chi connectivity index (χ4v) is 2.93. The third kappa shape index (κ3) is 3.65. The predicted molar refractivity (Wildman–Crippen MR) is 76.2 cm³/mol. The summed E-state index contributed by atoms with van der Waals surface area (Å²) in [5.41, 5.74) is 0.789. The number of aryl methyl sites for hydroxylation is 1. The van der Waals surface area contributed by atoms with Gasteiger partial charge in [0.05, 0.1) is 15.1 Å². The lowest BCUT2D eigenvalue weighted by atomic mass is 10.3. The Kier molecular flexibility index (Phi) is 4.56. The van der Waals surface area contributed by atoms with E-state index in [4.69, 9.17) is 0 Å². The zero-order valence-corrected chi connectivity index (χ0v) is 13.1. The average Bonchev–Trinajstić information content (AvgIpc) is 2.78. The van der Waals surface area contributed by atoms with Crippen LogP contribution in [0.15, 0.2) is 39.8 Å². The third-order valence-corrected chi connectivity index (χ3v) is 4.75. The van der Waals surface area contributed by atoms with Crippen LogP contribution in [-0.4, -0.2) is 24.7 Å². The first-order valence-electron chi connectivity index (χ1n) is 5.82. The predicted octanol–water partition coefficient (Wildman–Crippen LogP) is 1.84. The Hall–Kier alpha value is -1.25. The summed E-state index contributed by atoms with van der Waals surface area (Å²) >= 11 is 2.98. The van der Waals surface area contributed by atoms with Gasteiger partial charge in [0.25, 0.3) is 0 Å². The van der Waals surface area contributed by atoms with E-state index in [0.29, 0.717) is 6.42 Å². The Balaban J connectivity index is 2.02. The SMILES string of the molecule is Cn1ccc(CCNS(=O)(=O)c2ccc(Br)c(F)c2)n1. The molecule has 108 valence electrons. The normalized spacial score (nSPS) is 11.8. The summed E-state index contributed by atoms with van der Waals surface area (Å²) in [6.45, 7) is 0.205. The Morgan fingerprint density at radius 2 is 2.15 bits per heavy atom. The van der Waals surface area contributed by atoms with E-state index in [0.717, 1.165) is 11.8 Å². The van der Waals surface area contributed by atoms with Crippen molar-refractivity contribution in [3.63, 3.8) is 0 Å². The molecule has 1 heterocycles. The Bertz CT molecular complexity index is 715. The van der Waals surface area contributed by atoms with Crippen LogP contribution in [0.2, 0.25) is 0 Å². The van der Waals surface area contributed by atoms with E-state index in [1.807, 2.05) is 6.07 Å². The van der Waals surface area contributed by atoms with Crippen molar-refractivity contribution in [3.05, 3.63) is 46.4 Å². The van der Waals surface area contributed by atoms with Crippen LogP contribution in [0.3, 0.4) is 0 Å². The highest BCUT2D eigenvalue weighted by molar-refractivity contribution is 9.10. The summed E-state index contributed by atoms with van der Waals surface area (Å²) in [4.78, 5) is -0.0979. The highest BCUT2D eigenvalue weighted by Crippen LogP contribution is 2.19. The molecule has 1 aromatic heterocycles. The van der Waals surface area contributed by atoms with Gasteiger partial charge in [0.15, 0.2) is 0 Å². The van der Waals surface area contributed by atoms with E-state index < -0.39 is 15.8 Å². The first kappa shape index (κ1) is 15.1. The lowest BCUT2D eigenvalue weighted by Gasteiger charge is -2.06. The molecule has 0 aliphatic rings. The van der Waals surface area contributed by atoms with Gasteiger partial charge in [-0.15, -0.1) is 0 Å². The van der Waals surface area contributed by atoms with Crippen LogP contribution >= 0.6 is 15.9 Å². The van der Waals surface area contributed by atoms with E-state index >= 15 is 0 Å². The second-order valence-electron chi connectivity index (χ2n) is 4.20. The number of halogens is 2. The molecule has 0 atom stereocenters. The average molecular weight is 362 g/mol. The first-order valence-corrected chi connectivity index (χ1v) is 8.09. The fourth-order valence-electron chi connectivity index (χ4n) is 1.64. The summed E-state index contributed by atoms with van der Waals surface area (Å²) in [5.74, 6) is -0.613. The molecule has 0 aliphatic heterocycles. The summed E-state index contributed by atoms with van der Waals surface area (Å²) in [7, 11) is -1.92. The summed E-state index contributed by atoms with van der Waals surface area (Å²) < 4.78 is 41.6. The second kappa shape index (κ2) is 6.02. The van der Waals surface area contributed by atoms with Gasteiger partial charge in [0.2, 0.25) is 10.0 Å². The highest BCUT2D eigenvalue weighted by atomic mass is 79.9. The molecule has 5 nitrogen and oxygen atoms in total. The van der Waals surface area contributed by atoms with Crippen LogP contribution in [0.25, 0.3) is 0 Å². The van der Waals surface area contributed by atoms with Gasteiger partial charge >= 0.3 is 0 Å². The van der Waals surface area contributed by atoms with Crippen LogP contribution in [0.5, 0.6) is 0 Å². The van der Waals surface area contributed by atoms with Crippen LogP contribution in [0, 0.1) is 5.82 Å². The molecule has 0 bridgehead atoms. The molecular formula is C12H13BrFN3O2S. The van der Waals surface area contributed by atoms with Gasteiger partial charge in [-0.1, -0.05) is 0 Å². The minimum Gasteiger partial charge on any atom is -0.276 e. The quantitative estimate of drug-likeness (QED) is 0.883. The summed E-state index contributed by atoms with van der Waals surface area (Å²) in [6, 6.07) is 5.50. The number of aromatic nitrogens is 2. The van der Waals surface area contributed by atoms with Gasteiger partial charge in [0, 0.05) is 26.2 Å². The van der Waals surface area contributed by atoms with E-state index in [1.165, 1.54) is 12.1 Å². The largest absolute Gasteiger partial charge is 0.276 e. The minimum atomic E-state index is -3.71. The summed E-state index contributed by atoms with van der Waals surface area (Å²) in [5, 5.41) is 4.14. The molecule has 0 saturated heterocycles. The van der Waals surface area contributed by atoms with Gasteiger partial charge in [-0.25, -0.2) is 17.5 Å². The molecule has 0 spiro atoms. The molecule has 0 amide bonds. The summed E-state index contributed by atoms with van der Waals surface area (Å²) in [6.07, 6.45) is 2.26. The second-order valence-corrected chi connectivity index (χ2v) is 6.83. The number of nitrogens with zero attached hydrogens (tertiary/aromatic N) is 2. The van der Waals surface area contributed by atoms with Gasteiger partial charge in [0.1, 0.15) is 5.82 Å². The van der Waals surface area contributed by atoms with Gasteiger partial charge in [-0.2, -0.15) is 5.10 Å². The topological polar surface area (TPSA) is 64.0 Å². The molecule has 2 rings (SSSR count). The number of hydrogen-bond acceptors (Lipinski definition) is 3. The molecule has 0 radical (unpaired) electrons. The molecule has 0 unspecified atom stereocenters. The van der Waals surface area contributed by atoms with Gasteiger partial charge in [-0.05, 0) is 40.2 Å². The number of sulfonamides is 1. The number of rotatable bonds is 5. The number of hydrogen-bond donors (Lipinski definition) is 1. The van der Waals surface area contributed by atoms with Crippen molar-refractivity contribution in [1.29, 1.82) is 0 Å². The maximum atomic E-state index is 13.3.